The van der Waals surface area contributed by atoms with Crippen LogP contribution in [0.5, 0.6) is 5.75 Å². The molecule has 1 aromatic heterocycles. The van der Waals surface area contributed by atoms with E-state index in [2.05, 4.69) is 42.4 Å². The lowest BCUT2D eigenvalue weighted by atomic mass is 10.1. The molecule has 0 atom stereocenters. The third-order valence-electron chi connectivity index (χ3n) is 3.36. The smallest absolute Gasteiger partial charge is 0.122 e. The maximum atomic E-state index is 5.83. The second-order valence-electron chi connectivity index (χ2n) is 5.34. The Balaban J connectivity index is 1.74. The van der Waals surface area contributed by atoms with Crippen molar-refractivity contribution in [1.82, 2.24) is 15.0 Å². The van der Waals surface area contributed by atoms with Gasteiger partial charge in [-0.1, -0.05) is 17.3 Å². The SMILES string of the molecule is Cc1ccc(C)c(OCCCn2cc(CCCN)nn2)c1. The largest absolute Gasteiger partial charge is 0.493 e. The summed E-state index contributed by atoms with van der Waals surface area (Å²) in [4.78, 5) is 0. The van der Waals surface area contributed by atoms with Crippen LogP contribution in [0.3, 0.4) is 0 Å². The first-order valence-electron chi connectivity index (χ1n) is 7.48. The van der Waals surface area contributed by atoms with E-state index in [9.17, 15) is 0 Å². The van der Waals surface area contributed by atoms with Crippen LogP contribution in [-0.4, -0.2) is 28.1 Å². The van der Waals surface area contributed by atoms with Crippen molar-refractivity contribution >= 4 is 0 Å². The van der Waals surface area contributed by atoms with E-state index in [1.165, 1.54) is 11.1 Å². The Hall–Kier alpha value is -1.88. The maximum absolute atomic E-state index is 5.83. The topological polar surface area (TPSA) is 66.0 Å². The summed E-state index contributed by atoms with van der Waals surface area (Å²) in [6.45, 7) is 6.33. The van der Waals surface area contributed by atoms with E-state index in [-0.39, 0.29) is 0 Å². The monoisotopic (exact) mass is 288 g/mol. The maximum Gasteiger partial charge on any atom is 0.122 e. The van der Waals surface area contributed by atoms with Crippen LogP contribution in [0.2, 0.25) is 0 Å². The average Bonchev–Trinajstić information content (AvgIpc) is 2.92. The van der Waals surface area contributed by atoms with Crippen LogP contribution in [0.15, 0.2) is 24.4 Å². The lowest BCUT2D eigenvalue weighted by molar-refractivity contribution is 0.296. The molecule has 2 rings (SSSR count). The highest BCUT2D eigenvalue weighted by molar-refractivity contribution is 5.35. The van der Waals surface area contributed by atoms with Gasteiger partial charge in [0.15, 0.2) is 0 Å². The van der Waals surface area contributed by atoms with Crippen molar-refractivity contribution < 1.29 is 4.74 Å². The summed E-state index contributed by atoms with van der Waals surface area (Å²) in [5.74, 6) is 0.970. The van der Waals surface area contributed by atoms with Crippen LogP contribution in [0, 0.1) is 13.8 Å². The molecule has 0 spiro atoms. The molecule has 0 radical (unpaired) electrons. The highest BCUT2D eigenvalue weighted by atomic mass is 16.5. The van der Waals surface area contributed by atoms with Crippen molar-refractivity contribution in [3.63, 3.8) is 0 Å². The Morgan fingerprint density at radius 1 is 1.24 bits per heavy atom. The van der Waals surface area contributed by atoms with E-state index in [0.717, 1.165) is 37.3 Å². The van der Waals surface area contributed by atoms with Gasteiger partial charge in [-0.25, -0.2) is 0 Å². The molecular weight excluding hydrogens is 264 g/mol. The molecule has 0 bridgehead atoms. The van der Waals surface area contributed by atoms with Gasteiger partial charge in [0.1, 0.15) is 5.75 Å². The van der Waals surface area contributed by atoms with Gasteiger partial charge in [-0.2, -0.15) is 0 Å². The molecule has 1 aromatic carbocycles. The number of rotatable bonds is 8. The number of nitrogens with two attached hydrogens (primary N) is 1. The van der Waals surface area contributed by atoms with Crippen LogP contribution in [-0.2, 0) is 13.0 Å². The first-order valence-corrected chi connectivity index (χ1v) is 7.48. The Morgan fingerprint density at radius 2 is 2.10 bits per heavy atom. The normalized spacial score (nSPS) is 10.8. The molecule has 0 unspecified atom stereocenters. The molecule has 0 aliphatic carbocycles. The van der Waals surface area contributed by atoms with Crippen LogP contribution in [0.4, 0.5) is 0 Å². The second kappa shape index (κ2) is 7.78. The first kappa shape index (κ1) is 15.5. The molecule has 21 heavy (non-hydrogen) atoms. The molecule has 114 valence electrons. The number of ether oxygens (including phenoxy) is 1. The van der Waals surface area contributed by atoms with Crippen LogP contribution < -0.4 is 10.5 Å². The van der Waals surface area contributed by atoms with Crippen molar-refractivity contribution in [2.75, 3.05) is 13.2 Å². The predicted octanol–water partition coefficient (Wildman–Crippen LogP) is 2.26. The van der Waals surface area contributed by atoms with Gasteiger partial charge in [-0.05, 0) is 50.4 Å². The van der Waals surface area contributed by atoms with Crippen molar-refractivity contribution in [3.8, 4) is 5.75 Å². The molecule has 2 N–H and O–H groups in total. The number of hydrogen-bond acceptors (Lipinski definition) is 4. The van der Waals surface area contributed by atoms with Crippen LogP contribution in [0.25, 0.3) is 0 Å². The van der Waals surface area contributed by atoms with Gasteiger partial charge < -0.3 is 10.5 Å². The lowest BCUT2D eigenvalue weighted by Gasteiger charge is -2.09. The fourth-order valence-corrected chi connectivity index (χ4v) is 2.12. The molecule has 5 nitrogen and oxygen atoms in total. The fraction of sp³-hybridized carbons (Fsp3) is 0.500. The molecule has 0 aliphatic rings. The number of aryl methyl sites for hydroxylation is 4. The molecule has 0 amide bonds. The minimum absolute atomic E-state index is 0.683. The van der Waals surface area contributed by atoms with E-state index in [1.54, 1.807) is 0 Å². The van der Waals surface area contributed by atoms with Crippen molar-refractivity contribution in [2.24, 2.45) is 5.73 Å². The fourth-order valence-electron chi connectivity index (χ4n) is 2.12. The zero-order chi connectivity index (χ0) is 15.1. The molecule has 1 heterocycles. The summed E-state index contributed by atoms with van der Waals surface area (Å²) in [6.07, 6.45) is 4.75. The van der Waals surface area contributed by atoms with Gasteiger partial charge >= 0.3 is 0 Å². The molecule has 0 saturated carbocycles. The second-order valence-corrected chi connectivity index (χ2v) is 5.34. The zero-order valence-electron chi connectivity index (χ0n) is 12.9. The van der Waals surface area contributed by atoms with Gasteiger partial charge in [0.2, 0.25) is 0 Å². The van der Waals surface area contributed by atoms with Gasteiger partial charge in [0.05, 0.1) is 12.3 Å². The molecule has 5 heteroatoms. The van der Waals surface area contributed by atoms with Crippen molar-refractivity contribution in [3.05, 3.63) is 41.2 Å². The lowest BCUT2D eigenvalue weighted by Crippen LogP contribution is -2.06. The third-order valence-corrected chi connectivity index (χ3v) is 3.36. The molecule has 2 aromatic rings. The Kier molecular flexibility index (Phi) is 5.75. The van der Waals surface area contributed by atoms with Crippen molar-refractivity contribution in [2.45, 2.75) is 39.7 Å². The third kappa shape index (κ3) is 4.86. The minimum atomic E-state index is 0.683. The Bertz CT molecular complexity index is 565. The van der Waals surface area contributed by atoms with Gasteiger partial charge in [0.25, 0.3) is 0 Å². The van der Waals surface area contributed by atoms with E-state index in [0.29, 0.717) is 13.2 Å². The van der Waals surface area contributed by atoms with E-state index < -0.39 is 0 Å². The summed E-state index contributed by atoms with van der Waals surface area (Å²) in [6, 6.07) is 6.27. The number of nitrogens with zero attached hydrogens (tertiary/aromatic N) is 3. The zero-order valence-corrected chi connectivity index (χ0v) is 12.9. The number of aromatic nitrogens is 3. The molecule has 0 saturated heterocycles. The summed E-state index contributed by atoms with van der Waals surface area (Å²) < 4.78 is 7.71. The predicted molar refractivity (Wildman–Crippen MR) is 83.4 cm³/mol. The first-order chi connectivity index (χ1) is 10.2. The van der Waals surface area contributed by atoms with Gasteiger partial charge in [-0.15, -0.1) is 5.10 Å². The quantitative estimate of drug-likeness (QED) is 0.757. The van der Waals surface area contributed by atoms with E-state index in [1.807, 2.05) is 10.9 Å². The summed E-state index contributed by atoms with van der Waals surface area (Å²) in [5, 5.41) is 8.25. The highest BCUT2D eigenvalue weighted by Crippen LogP contribution is 2.19. The average molecular weight is 288 g/mol. The van der Waals surface area contributed by atoms with Crippen LogP contribution in [0.1, 0.15) is 29.7 Å². The Morgan fingerprint density at radius 3 is 2.90 bits per heavy atom. The minimum Gasteiger partial charge on any atom is -0.493 e. The summed E-state index contributed by atoms with van der Waals surface area (Å²) in [5.41, 5.74) is 8.89. The standard InChI is InChI=1S/C16H24N4O/c1-13-6-7-14(2)16(11-13)21-10-4-9-20-12-15(18-19-20)5-3-8-17/h6-7,11-12H,3-5,8-10,17H2,1-2H3. The highest BCUT2D eigenvalue weighted by Gasteiger charge is 2.02. The number of benzene rings is 1. The molecular formula is C16H24N4O. The van der Waals surface area contributed by atoms with E-state index >= 15 is 0 Å². The molecule has 0 aliphatic heterocycles. The Labute approximate surface area is 126 Å². The number of hydrogen-bond donors (Lipinski definition) is 1. The van der Waals surface area contributed by atoms with Gasteiger partial charge in [-0.3, -0.25) is 4.68 Å². The van der Waals surface area contributed by atoms with E-state index in [4.69, 9.17) is 10.5 Å². The summed E-state index contributed by atoms with van der Waals surface area (Å²) in [7, 11) is 0. The van der Waals surface area contributed by atoms with Crippen LogP contribution >= 0.6 is 0 Å². The van der Waals surface area contributed by atoms with Crippen molar-refractivity contribution in [1.29, 1.82) is 0 Å². The van der Waals surface area contributed by atoms with Gasteiger partial charge in [0, 0.05) is 19.2 Å². The summed E-state index contributed by atoms with van der Waals surface area (Å²) >= 11 is 0. The molecule has 0 fully saturated rings.